The highest BCUT2D eigenvalue weighted by Crippen LogP contribution is 2.64. The van der Waals surface area contributed by atoms with E-state index < -0.39 is 73.0 Å². The Hall–Kier alpha value is -4.97. The van der Waals surface area contributed by atoms with E-state index in [1.165, 1.54) is 0 Å². The van der Waals surface area contributed by atoms with Crippen molar-refractivity contribution in [2.75, 3.05) is 20.8 Å². The number of hydrogen-bond donors (Lipinski definition) is 6. The topological polar surface area (TPSA) is 244 Å². The SMILES string of the molecule is COc1ccc2c(c1OC)O[C@H]1c3c(cc(O[C@@H]4O[C@H]([C@H](OC(=O)CC(=O)O)C(N)N)[C@@H](O)[C@H](O)[C@H]4O)cc3C3=c4ccccc4=NC3)OC3(CCCCC3)[C@@H]21. The molecule has 1 saturated heterocycles. The van der Waals surface area contributed by atoms with Crippen LogP contribution in [0.5, 0.6) is 28.7 Å². The van der Waals surface area contributed by atoms with Crippen LogP contribution in [-0.4, -0.2) is 102 Å². The number of carbonyl (C=O) groups is 2. The normalized spacial score (nSPS) is 27.4. The largest absolute Gasteiger partial charge is 0.493 e. The van der Waals surface area contributed by atoms with Crippen molar-refractivity contribution >= 4 is 17.5 Å². The summed E-state index contributed by atoms with van der Waals surface area (Å²) in [4.78, 5) is 28.3. The van der Waals surface area contributed by atoms with E-state index in [-0.39, 0.29) is 11.7 Å². The predicted molar refractivity (Wildman–Crippen MR) is 195 cm³/mol. The first-order chi connectivity index (χ1) is 26.9. The molecule has 8 rings (SSSR count). The summed E-state index contributed by atoms with van der Waals surface area (Å²) in [5.41, 5.74) is 14.5. The van der Waals surface area contributed by atoms with Gasteiger partial charge in [-0.3, -0.25) is 14.6 Å². The number of carboxylic acid groups (broad SMARTS) is 1. The Labute approximate surface area is 321 Å². The highest BCUT2D eigenvalue weighted by Gasteiger charge is 2.58. The molecule has 0 radical (unpaired) electrons. The van der Waals surface area contributed by atoms with Gasteiger partial charge < -0.3 is 65.1 Å². The van der Waals surface area contributed by atoms with Gasteiger partial charge in [0.2, 0.25) is 12.0 Å². The molecule has 5 aliphatic rings. The zero-order valence-corrected chi connectivity index (χ0v) is 30.8. The molecule has 0 amide bonds. The Balaban J connectivity index is 1.24. The lowest BCUT2D eigenvalue weighted by Gasteiger charge is -2.48. The Bertz CT molecular complexity index is 2150. The summed E-state index contributed by atoms with van der Waals surface area (Å²) in [7, 11) is 3.16. The maximum atomic E-state index is 12.3. The molecule has 16 nitrogen and oxygen atoms in total. The molecular formula is C40H45N3O13. The van der Waals surface area contributed by atoms with Crippen LogP contribution in [0.3, 0.4) is 0 Å². The summed E-state index contributed by atoms with van der Waals surface area (Å²) < 4.78 is 43.2. The van der Waals surface area contributed by atoms with Gasteiger partial charge in [0.1, 0.15) is 54.0 Å². The Morgan fingerprint density at radius 3 is 2.46 bits per heavy atom. The lowest BCUT2D eigenvalue weighted by atomic mass is 9.67. The predicted octanol–water partition coefficient (Wildman–Crippen LogP) is 0.665. The minimum Gasteiger partial charge on any atom is -0.493 e. The first-order valence-electron chi connectivity index (χ1n) is 18.6. The first kappa shape index (κ1) is 37.9. The van der Waals surface area contributed by atoms with Gasteiger partial charge in [-0.1, -0.05) is 30.7 Å². The van der Waals surface area contributed by atoms with Gasteiger partial charge in [0.25, 0.3) is 0 Å². The van der Waals surface area contributed by atoms with Crippen LogP contribution in [0.1, 0.15) is 67.2 Å². The number of aliphatic hydroxyl groups is 3. The minimum atomic E-state index is -1.87. The molecular weight excluding hydrogens is 730 g/mol. The molecule has 4 heterocycles. The van der Waals surface area contributed by atoms with Gasteiger partial charge in [-0.25, -0.2) is 0 Å². The van der Waals surface area contributed by atoms with Crippen molar-refractivity contribution in [2.45, 2.75) is 99.1 Å². The van der Waals surface area contributed by atoms with Gasteiger partial charge in [-0.2, -0.15) is 0 Å². The second-order valence-corrected chi connectivity index (χ2v) is 14.8. The number of rotatable bonds is 10. The molecule has 2 fully saturated rings. The molecule has 0 aromatic heterocycles. The van der Waals surface area contributed by atoms with E-state index in [4.69, 9.17) is 54.7 Å². The number of nitrogens with zero attached hydrogens (tertiary/aromatic N) is 1. The number of hydrogen-bond acceptors (Lipinski definition) is 15. The van der Waals surface area contributed by atoms with Gasteiger partial charge in [-0.15, -0.1) is 0 Å². The van der Waals surface area contributed by atoms with Crippen molar-refractivity contribution in [1.82, 2.24) is 0 Å². The van der Waals surface area contributed by atoms with Gasteiger partial charge in [0.05, 0.1) is 38.2 Å². The standard InChI is InChI=1S/C40H45N3O13/c1-50-24-11-10-20-29-35(54-33(20)34(24)51-2)28-21(22-17-43-23-9-5-4-8-19(22)23)14-18(15-25(28)56-40(29)12-6-3-7-13-40)52-39-32(49)30(47)31(48)36(55-39)37(38(41)42)53-27(46)16-26(44)45/h4-5,8-11,14-15,29-32,35-39,47-49H,3,6-7,12-13,16-17,41-42H2,1-2H3,(H,44,45)/t29-,30-,31-,32+,35-,36-,37-,39+/m0/s1. The van der Waals surface area contributed by atoms with Crippen LogP contribution >= 0.6 is 0 Å². The maximum Gasteiger partial charge on any atom is 0.317 e. The second kappa shape index (κ2) is 14.8. The number of fused-ring (bicyclic) bond motifs is 7. The number of ether oxygens (including phenoxy) is 7. The third kappa shape index (κ3) is 6.39. The summed E-state index contributed by atoms with van der Waals surface area (Å²) in [6, 6.07) is 15.1. The number of carboxylic acids is 1. The van der Waals surface area contributed by atoms with Crippen LogP contribution in [-0.2, 0) is 19.1 Å². The van der Waals surface area contributed by atoms with Gasteiger partial charge in [0, 0.05) is 22.4 Å². The summed E-state index contributed by atoms with van der Waals surface area (Å²) in [6.45, 7) is 0.342. The summed E-state index contributed by atoms with van der Waals surface area (Å²) >= 11 is 0. The minimum absolute atomic E-state index is 0.178. The van der Waals surface area contributed by atoms with Gasteiger partial charge >= 0.3 is 11.9 Å². The molecule has 298 valence electrons. The number of aliphatic carboxylic acids is 1. The van der Waals surface area contributed by atoms with E-state index in [9.17, 15) is 24.9 Å². The molecule has 8 N–H and O–H groups in total. The van der Waals surface area contributed by atoms with E-state index in [0.717, 1.165) is 64.9 Å². The molecule has 0 bridgehead atoms. The van der Waals surface area contributed by atoms with Gasteiger partial charge in [0.15, 0.2) is 17.6 Å². The number of methoxy groups -OCH3 is 2. The van der Waals surface area contributed by atoms with E-state index >= 15 is 0 Å². The summed E-state index contributed by atoms with van der Waals surface area (Å²) in [6.07, 6.45) is -8.95. The quantitative estimate of drug-likeness (QED) is 0.0942. The third-order valence-corrected chi connectivity index (χ3v) is 11.5. The monoisotopic (exact) mass is 775 g/mol. The number of nitrogens with two attached hydrogens (primary N) is 2. The average molecular weight is 776 g/mol. The van der Waals surface area contributed by atoms with Crippen molar-refractivity contribution in [3.05, 3.63) is 75.8 Å². The zero-order chi connectivity index (χ0) is 39.5. The van der Waals surface area contributed by atoms with Crippen LogP contribution in [0.25, 0.3) is 5.57 Å². The number of esters is 1. The number of aliphatic hydroxyl groups excluding tert-OH is 3. The maximum absolute atomic E-state index is 12.3. The van der Waals surface area contributed by atoms with E-state index in [1.807, 2.05) is 36.4 Å². The van der Waals surface area contributed by atoms with Crippen LogP contribution in [0.15, 0.2) is 53.5 Å². The molecule has 4 aliphatic heterocycles. The van der Waals surface area contributed by atoms with Crippen LogP contribution in [0.2, 0.25) is 0 Å². The Morgan fingerprint density at radius 1 is 0.982 bits per heavy atom. The van der Waals surface area contributed by atoms with Crippen molar-refractivity contribution < 1.29 is 63.2 Å². The summed E-state index contributed by atoms with van der Waals surface area (Å²) in [5, 5.41) is 43.9. The lowest BCUT2D eigenvalue weighted by Crippen LogP contribution is -2.66. The molecule has 1 aliphatic carbocycles. The number of benzene rings is 3. The highest BCUT2D eigenvalue weighted by molar-refractivity contribution is 5.90. The number of carbonyl (C=O) groups excluding carboxylic acids is 1. The van der Waals surface area contributed by atoms with Crippen LogP contribution < -0.4 is 45.7 Å². The fraction of sp³-hybridized carbons (Fsp3) is 0.475. The molecule has 16 heteroatoms. The smallest absolute Gasteiger partial charge is 0.317 e. The highest BCUT2D eigenvalue weighted by atomic mass is 16.7. The molecule has 1 saturated carbocycles. The van der Waals surface area contributed by atoms with Crippen molar-refractivity contribution in [1.29, 1.82) is 0 Å². The van der Waals surface area contributed by atoms with E-state index in [1.54, 1.807) is 26.4 Å². The van der Waals surface area contributed by atoms with Crippen LogP contribution in [0.4, 0.5) is 0 Å². The van der Waals surface area contributed by atoms with E-state index in [0.29, 0.717) is 29.5 Å². The van der Waals surface area contributed by atoms with E-state index in [2.05, 4.69) is 0 Å². The average Bonchev–Trinajstić information content (AvgIpc) is 3.79. The van der Waals surface area contributed by atoms with Crippen molar-refractivity contribution in [3.8, 4) is 28.7 Å². The molecule has 3 aromatic carbocycles. The second-order valence-electron chi connectivity index (χ2n) is 14.8. The molecule has 1 spiro atoms. The fourth-order valence-electron chi connectivity index (χ4n) is 8.97. The summed E-state index contributed by atoms with van der Waals surface area (Å²) in [5.74, 6) is -0.579. The first-order valence-corrected chi connectivity index (χ1v) is 18.6. The fourth-order valence-corrected chi connectivity index (χ4v) is 8.97. The molecule has 8 atom stereocenters. The van der Waals surface area contributed by atoms with Crippen molar-refractivity contribution in [3.63, 3.8) is 0 Å². The van der Waals surface area contributed by atoms with Crippen molar-refractivity contribution in [2.24, 2.45) is 16.5 Å². The number of para-hydroxylation sites is 1. The van der Waals surface area contributed by atoms with Crippen LogP contribution in [0, 0.1) is 0 Å². The third-order valence-electron chi connectivity index (χ3n) is 11.5. The zero-order valence-electron chi connectivity index (χ0n) is 30.8. The molecule has 56 heavy (non-hydrogen) atoms. The van der Waals surface area contributed by atoms with Gasteiger partial charge in [-0.05, 0) is 55.0 Å². The lowest BCUT2D eigenvalue weighted by molar-refractivity contribution is -0.291. The Kier molecular flexibility index (Phi) is 10.1. The Morgan fingerprint density at radius 2 is 1.75 bits per heavy atom. The molecule has 3 aromatic rings. The molecule has 0 unspecified atom stereocenters.